The highest BCUT2D eigenvalue weighted by Gasteiger charge is 2.03. The highest BCUT2D eigenvalue weighted by atomic mass is 16.6. The van der Waals surface area contributed by atoms with E-state index in [1.54, 1.807) is 42.5 Å². The lowest BCUT2D eigenvalue weighted by molar-refractivity contribution is -0.384. The number of nitrogens with two attached hydrogens (primary N) is 1. The van der Waals surface area contributed by atoms with Crippen LogP contribution in [0.1, 0.15) is 11.1 Å². The summed E-state index contributed by atoms with van der Waals surface area (Å²) in [7, 11) is 0. The molecule has 0 spiro atoms. The number of rotatable bonds is 6. The van der Waals surface area contributed by atoms with Gasteiger partial charge in [0.1, 0.15) is 0 Å². The number of nitrogens with zero attached hydrogens (tertiary/aromatic N) is 1. The third-order valence-electron chi connectivity index (χ3n) is 3.13. The number of benzene rings is 2. The Labute approximate surface area is 137 Å². The molecule has 0 aliphatic carbocycles. The van der Waals surface area contributed by atoms with Crippen LogP contribution >= 0.6 is 0 Å². The van der Waals surface area contributed by atoms with Crippen molar-refractivity contribution in [2.24, 2.45) is 5.73 Å². The third-order valence-corrected chi connectivity index (χ3v) is 3.13. The van der Waals surface area contributed by atoms with Crippen molar-refractivity contribution >= 4 is 29.3 Å². The minimum absolute atomic E-state index is 0.00680. The number of amides is 2. The first-order chi connectivity index (χ1) is 11.4. The van der Waals surface area contributed by atoms with E-state index < -0.39 is 10.8 Å². The molecule has 3 N–H and O–H groups in total. The molecule has 2 rings (SSSR count). The van der Waals surface area contributed by atoms with Gasteiger partial charge in [-0.25, -0.2) is 0 Å². The van der Waals surface area contributed by atoms with Gasteiger partial charge in [-0.2, -0.15) is 0 Å². The first-order valence-electron chi connectivity index (χ1n) is 7.05. The Morgan fingerprint density at radius 1 is 1.08 bits per heavy atom. The number of nitro groups is 1. The van der Waals surface area contributed by atoms with Gasteiger partial charge in [-0.15, -0.1) is 0 Å². The van der Waals surface area contributed by atoms with Crippen LogP contribution in [0, 0.1) is 10.1 Å². The van der Waals surface area contributed by atoms with Crippen LogP contribution in [0.2, 0.25) is 0 Å². The van der Waals surface area contributed by atoms with Gasteiger partial charge in [0.2, 0.25) is 11.8 Å². The Hall–Kier alpha value is -3.48. The number of primary amides is 1. The summed E-state index contributed by atoms with van der Waals surface area (Å²) >= 11 is 0. The second-order valence-corrected chi connectivity index (χ2v) is 5.01. The lowest BCUT2D eigenvalue weighted by atomic mass is 10.1. The number of hydrogen-bond acceptors (Lipinski definition) is 4. The zero-order valence-corrected chi connectivity index (χ0v) is 12.6. The molecule has 0 radical (unpaired) electrons. The van der Waals surface area contributed by atoms with Crippen molar-refractivity contribution in [3.05, 3.63) is 75.8 Å². The topological polar surface area (TPSA) is 115 Å². The molecule has 0 aliphatic heterocycles. The Kier molecular flexibility index (Phi) is 5.40. The van der Waals surface area contributed by atoms with Gasteiger partial charge in [0, 0.05) is 23.9 Å². The van der Waals surface area contributed by atoms with Crippen LogP contribution in [0.5, 0.6) is 0 Å². The maximum absolute atomic E-state index is 11.8. The Morgan fingerprint density at radius 2 is 1.71 bits per heavy atom. The zero-order valence-electron chi connectivity index (χ0n) is 12.6. The number of nitrogens with one attached hydrogen (secondary N) is 1. The molecule has 7 nitrogen and oxygen atoms in total. The van der Waals surface area contributed by atoms with Crippen LogP contribution in [-0.4, -0.2) is 16.7 Å². The van der Waals surface area contributed by atoms with Crippen LogP contribution in [0.25, 0.3) is 6.08 Å². The summed E-state index contributed by atoms with van der Waals surface area (Å²) < 4.78 is 0. The summed E-state index contributed by atoms with van der Waals surface area (Å²) in [5, 5.41) is 13.2. The van der Waals surface area contributed by atoms with E-state index >= 15 is 0 Å². The molecule has 122 valence electrons. The van der Waals surface area contributed by atoms with Crippen molar-refractivity contribution in [2.75, 3.05) is 5.32 Å². The van der Waals surface area contributed by atoms with E-state index in [1.807, 2.05) is 0 Å². The summed E-state index contributed by atoms with van der Waals surface area (Å²) in [5.74, 6) is -0.756. The average molecular weight is 325 g/mol. The van der Waals surface area contributed by atoms with Gasteiger partial charge >= 0.3 is 0 Å². The van der Waals surface area contributed by atoms with E-state index in [0.717, 1.165) is 5.56 Å². The summed E-state index contributed by atoms with van der Waals surface area (Å²) in [6.45, 7) is 0. The number of nitro benzene ring substituents is 1. The molecule has 0 aliphatic rings. The van der Waals surface area contributed by atoms with Crippen LogP contribution in [0.3, 0.4) is 0 Å². The van der Waals surface area contributed by atoms with Crippen molar-refractivity contribution in [3.63, 3.8) is 0 Å². The SMILES string of the molecule is NC(=O)Cc1ccc(NC(=O)/C=C/c2ccc([N+](=O)[O-])cc2)cc1. The van der Waals surface area contributed by atoms with Crippen molar-refractivity contribution in [3.8, 4) is 0 Å². The molecule has 24 heavy (non-hydrogen) atoms. The molecule has 0 saturated carbocycles. The molecule has 0 fully saturated rings. The molecule has 0 atom stereocenters. The maximum atomic E-state index is 11.8. The number of carbonyl (C=O) groups is 2. The average Bonchev–Trinajstić information content (AvgIpc) is 2.54. The second-order valence-electron chi connectivity index (χ2n) is 5.01. The molecular formula is C17H15N3O4. The fourth-order valence-corrected chi connectivity index (χ4v) is 1.97. The standard InChI is InChI=1S/C17H15N3O4/c18-16(21)11-13-1-6-14(7-2-13)19-17(22)10-5-12-3-8-15(9-4-12)20(23)24/h1-10H,11H2,(H2,18,21)(H,19,22)/b10-5+. The van der Waals surface area contributed by atoms with Crippen LogP contribution in [-0.2, 0) is 16.0 Å². The van der Waals surface area contributed by atoms with E-state index in [1.165, 1.54) is 18.2 Å². The minimum Gasteiger partial charge on any atom is -0.369 e. The molecule has 0 heterocycles. The molecule has 0 bridgehead atoms. The van der Waals surface area contributed by atoms with E-state index in [0.29, 0.717) is 11.3 Å². The molecule has 0 aromatic heterocycles. The van der Waals surface area contributed by atoms with Crippen LogP contribution in [0.4, 0.5) is 11.4 Å². The largest absolute Gasteiger partial charge is 0.369 e. The fraction of sp³-hybridized carbons (Fsp3) is 0.0588. The highest BCUT2D eigenvalue weighted by molar-refractivity contribution is 6.01. The molecule has 7 heteroatoms. The van der Waals surface area contributed by atoms with Gasteiger partial charge in [0.05, 0.1) is 11.3 Å². The number of non-ortho nitro benzene ring substituents is 1. The van der Waals surface area contributed by atoms with Gasteiger partial charge in [0.15, 0.2) is 0 Å². The number of carbonyl (C=O) groups excluding carboxylic acids is 2. The van der Waals surface area contributed by atoms with E-state index in [4.69, 9.17) is 5.73 Å². The Balaban J connectivity index is 1.94. The lowest BCUT2D eigenvalue weighted by Crippen LogP contribution is -2.13. The first kappa shape index (κ1) is 16.9. The smallest absolute Gasteiger partial charge is 0.269 e. The van der Waals surface area contributed by atoms with Gasteiger partial charge in [-0.1, -0.05) is 12.1 Å². The maximum Gasteiger partial charge on any atom is 0.269 e. The van der Waals surface area contributed by atoms with Gasteiger partial charge in [0.25, 0.3) is 5.69 Å². The molecule has 0 saturated heterocycles. The van der Waals surface area contributed by atoms with Gasteiger partial charge in [-0.3, -0.25) is 19.7 Å². The summed E-state index contributed by atoms with van der Waals surface area (Å²) in [6.07, 6.45) is 3.03. The zero-order chi connectivity index (χ0) is 17.5. The Bertz CT molecular complexity index is 780. The quantitative estimate of drug-likeness (QED) is 0.481. The van der Waals surface area contributed by atoms with Crippen molar-refractivity contribution < 1.29 is 14.5 Å². The lowest BCUT2D eigenvalue weighted by Gasteiger charge is -2.03. The molecule has 2 amide bonds. The minimum atomic E-state index is -0.484. The predicted molar refractivity (Wildman–Crippen MR) is 90.1 cm³/mol. The first-order valence-corrected chi connectivity index (χ1v) is 7.05. The number of anilines is 1. The van der Waals surface area contributed by atoms with Crippen molar-refractivity contribution in [1.82, 2.24) is 0 Å². The molecular weight excluding hydrogens is 310 g/mol. The Morgan fingerprint density at radius 3 is 2.25 bits per heavy atom. The fourth-order valence-electron chi connectivity index (χ4n) is 1.97. The number of hydrogen-bond donors (Lipinski definition) is 2. The monoisotopic (exact) mass is 325 g/mol. The molecule has 0 unspecified atom stereocenters. The van der Waals surface area contributed by atoms with Gasteiger partial charge < -0.3 is 11.1 Å². The van der Waals surface area contributed by atoms with E-state index in [2.05, 4.69) is 5.32 Å². The predicted octanol–water partition coefficient (Wildman–Crippen LogP) is 2.27. The summed E-state index contributed by atoms with van der Waals surface area (Å²) in [4.78, 5) is 32.7. The molecule has 2 aromatic carbocycles. The van der Waals surface area contributed by atoms with Crippen LogP contribution in [0.15, 0.2) is 54.6 Å². The van der Waals surface area contributed by atoms with Gasteiger partial charge in [-0.05, 0) is 41.5 Å². The van der Waals surface area contributed by atoms with E-state index in [9.17, 15) is 19.7 Å². The summed E-state index contributed by atoms with van der Waals surface area (Å²) in [5.41, 5.74) is 7.13. The van der Waals surface area contributed by atoms with Crippen molar-refractivity contribution in [2.45, 2.75) is 6.42 Å². The third kappa shape index (κ3) is 5.06. The normalized spacial score (nSPS) is 10.5. The van der Waals surface area contributed by atoms with Crippen LogP contribution < -0.4 is 11.1 Å². The summed E-state index contributed by atoms with van der Waals surface area (Å²) in [6, 6.07) is 12.6. The highest BCUT2D eigenvalue weighted by Crippen LogP contribution is 2.13. The van der Waals surface area contributed by atoms with E-state index in [-0.39, 0.29) is 18.0 Å². The second kappa shape index (κ2) is 7.68. The molecule has 2 aromatic rings. The van der Waals surface area contributed by atoms with Crippen molar-refractivity contribution in [1.29, 1.82) is 0 Å².